The van der Waals surface area contributed by atoms with Gasteiger partial charge < -0.3 is 14.7 Å². The highest BCUT2D eigenvalue weighted by atomic mass is 32.2. The summed E-state index contributed by atoms with van der Waals surface area (Å²) in [5.41, 5.74) is 1.73. The van der Waals surface area contributed by atoms with E-state index in [4.69, 9.17) is 9.78 Å². The number of halogens is 1. The van der Waals surface area contributed by atoms with Crippen molar-refractivity contribution in [3.8, 4) is 17.5 Å². The maximum absolute atomic E-state index is 13.1. The van der Waals surface area contributed by atoms with Gasteiger partial charge in [-0.05, 0) is 55.0 Å². The molecule has 1 aliphatic heterocycles. The standard InChI is InChI=1S/C23H20FN5O3S/c24-17-8-6-16(7-9-17)22-27-20(32-28-22)2-1-3-21(30)29-14-33-13-19(29)23(31)26-18-10-4-15(12-25)5-11-18/h4-11,19H,1-3,13-14H2,(H,26,31). The van der Waals surface area contributed by atoms with Gasteiger partial charge in [-0.1, -0.05) is 5.16 Å². The summed E-state index contributed by atoms with van der Waals surface area (Å²) >= 11 is 1.53. The van der Waals surface area contributed by atoms with Crippen molar-refractivity contribution in [2.24, 2.45) is 0 Å². The summed E-state index contributed by atoms with van der Waals surface area (Å²) in [6.07, 6.45) is 1.16. The molecule has 8 nitrogen and oxygen atoms in total. The lowest BCUT2D eigenvalue weighted by Gasteiger charge is -2.23. The number of aromatic nitrogens is 2. The summed E-state index contributed by atoms with van der Waals surface area (Å²) < 4.78 is 18.3. The van der Waals surface area contributed by atoms with Crippen LogP contribution in [-0.2, 0) is 16.0 Å². The highest BCUT2D eigenvalue weighted by molar-refractivity contribution is 7.99. The topological polar surface area (TPSA) is 112 Å². The van der Waals surface area contributed by atoms with Gasteiger partial charge in [0.05, 0.1) is 17.5 Å². The molecule has 2 heterocycles. The number of hydrogen-bond acceptors (Lipinski definition) is 7. The van der Waals surface area contributed by atoms with E-state index in [1.807, 2.05) is 6.07 Å². The molecule has 10 heteroatoms. The lowest BCUT2D eigenvalue weighted by Crippen LogP contribution is -2.44. The maximum atomic E-state index is 13.1. The zero-order valence-corrected chi connectivity index (χ0v) is 18.3. The number of nitrogens with one attached hydrogen (secondary N) is 1. The van der Waals surface area contributed by atoms with Gasteiger partial charge >= 0.3 is 0 Å². The number of amides is 2. The Kier molecular flexibility index (Phi) is 7.00. The molecule has 0 spiro atoms. The quantitative estimate of drug-likeness (QED) is 0.567. The molecular weight excluding hydrogens is 445 g/mol. The van der Waals surface area contributed by atoms with E-state index in [-0.39, 0.29) is 24.1 Å². The number of benzene rings is 2. The van der Waals surface area contributed by atoms with Crippen LogP contribution in [0.3, 0.4) is 0 Å². The number of nitriles is 1. The molecular formula is C23H20FN5O3S. The van der Waals surface area contributed by atoms with Gasteiger partial charge in [0.25, 0.3) is 0 Å². The molecule has 2 amide bonds. The van der Waals surface area contributed by atoms with Crippen molar-refractivity contribution >= 4 is 29.3 Å². The minimum atomic E-state index is -0.549. The summed E-state index contributed by atoms with van der Waals surface area (Å²) in [6.45, 7) is 0. The molecule has 2 aromatic carbocycles. The monoisotopic (exact) mass is 465 g/mol. The highest BCUT2D eigenvalue weighted by Crippen LogP contribution is 2.24. The second kappa shape index (κ2) is 10.3. The van der Waals surface area contributed by atoms with Gasteiger partial charge in [-0.15, -0.1) is 11.8 Å². The van der Waals surface area contributed by atoms with Gasteiger partial charge in [0.2, 0.25) is 23.5 Å². The third-order valence-corrected chi connectivity index (χ3v) is 6.15. The fraction of sp³-hybridized carbons (Fsp3) is 0.261. The van der Waals surface area contributed by atoms with E-state index in [2.05, 4.69) is 15.5 Å². The Bertz CT molecular complexity index is 1170. The number of anilines is 1. The first-order valence-electron chi connectivity index (χ1n) is 10.3. The molecule has 1 unspecified atom stereocenters. The Labute approximate surface area is 193 Å². The van der Waals surface area contributed by atoms with E-state index in [1.165, 1.54) is 23.9 Å². The van der Waals surface area contributed by atoms with Gasteiger partial charge in [-0.3, -0.25) is 9.59 Å². The molecule has 4 rings (SSSR count). The second-order valence-electron chi connectivity index (χ2n) is 7.43. The first kappa shape index (κ1) is 22.5. The van der Waals surface area contributed by atoms with Crippen LogP contribution in [-0.4, -0.2) is 44.5 Å². The summed E-state index contributed by atoms with van der Waals surface area (Å²) in [5.74, 6) is 1.04. The van der Waals surface area contributed by atoms with Gasteiger partial charge in [0.1, 0.15) is 11.9 Å². The van der Waals surface area contributed by atoms with E-state index >= 15 is 0 Å². The van der Waals surface area contributed by atoms with Crippen molar-refractivity contribution in [3.05, 3.63) is 65.8 Å². The summed E-state index contributed by atoms with van der Waals surface area (Å²) in [6, 6.07) is 13.8. The van der Waals surface area contributed by atoms with E-state index in [9.17, 15) is 14.0 Å². The predicted octanol–water partition coefficient (Wildman–Crippen LogP) is 3.61. The summed E-state index contributed by atoms with van der Waals surface area (Å²) in [5, 5.41) is 15.6. The van der Waals surface area contributed by atoms with Gasteiger partial charge in [0.15, 0.2) is 0 Å². The number of hydrogen-bond donors (Lipinski definition) is 1. The van der Waals surface area contributed by atoms with E-state index in [0.29, 0.717) is 53.0 Å². The number of rotatable bonds is 7. The van der Waals surface area contributed by atoms with Crippen LogP contribution in [0.2, 0.25) is 0 Å². The molecule has 0 radical (unpaired) electrons. The van der Waals surface area contributed by atoms with Crippen molar-refractivity contribution < 1.29 is 18.5 Å². The molecule has 0 saturated carbocycles. The summed E-state index contributed by atoms with van der Waals surface area (Å²) in [4.78, 5) is 31.3. The lowest BCUT2D eigenvalue weighted by molar-refractivity contribution is -0.136. The van der Waals surface area contributed by atoms with Gasteiger partial charge in [-0.2, -0.15) is 10.2 Å². The van der Waals surface area contributed by atoms with Crippen LogP contribution >= 0.6 is 11.8 Å². The number of nitrogens with zero attached hydrogens (tertiary/aromatic N) is 4. The minimum absolute atomic E-state index is 0.113. The zero-order valence-electron chi connectivity index (χ0n) is 17.5. The number of aryl methyl sites for hydroxylation is 1. The molecule has 1 N–H and O–H groups in total. The molecule has 33 heavy (non-hydrogen) atoms. The average Bonchev–Trinajstić information content (AvgIpc) is 3.50. The molecule has 1 aromatic heterocycles. The van der Waals surface area contributed by atoms with Crippen LogP contribution in [0.25, 0.3) is 11.4 Å². The predicted molar refractivity (Wildman–Crippen MR) is 120 cm³/mol. The average molecular weight is 466 g/mol. The molecule has 168 valence electrons. The van der Waals surface area contributed by atoms with Crippen LogP contribution in [0.1, 0.15) is 24.3 Å². The van der Waals surface area contributed by atoms with E-state index < -0.39 is 6.04 Å². The fourth-order valence-electron chi connectivity index (χ4n) is 3.37. The Morgan fingerprint density at radius 3 is 2.70 bits per heavy atom. The Morgan fingerprint density at radius 2 is 1.97 bits per heavy atom. The van der Waals surface area contributed by atoms with Crippen LogP contribution in [0.4, 0.5) is 10.1 Å². The van der Waals surface area contributed by atoms with Gasteiger partial charge in [-0.25, -0.2) is 4.39 Å². The first-order chi connectivity index (χ1) is 16.0. The lowest BCUT2D eigenvalue weighted by atomic mass is 10.2. The molecule has 0 bridgehead atoms. The summed E-state index contributed by atoms with van der Waals surface area (Å²) in [7, 11) is 0. The van der Waals surface area contributed by atoms with Crippen molar-refractivity contribution in [2.75, 3.05) is 16.9 Å². The van der Waals surface area contributed by atoms with Crippen LogP contribution < -0.4 is 5.32 Å². The Balaban J connectivity index is 1.28. The van der Waals surface area contributed by atoms with Crippen LogP contribution in [0.5, 0.6) is 0 Å². The van der Waals surface area contributed by atoms with E-state index in [1.54, 1.807) is 41.3 Å². The third-order valence-electron chi connectivity index (χ3n) is 5.14. The SMILES string of the molecule is N#Cc1ccc(NC(=O)C2CSCN2C(=O)CCCc2nc(-c3ccc(F)cc3)no2)cc1. The largest absolute Gasteiger partial charge is 0.339 e. The molecule has 0 aliphatic carbocycles. The van der Waals surface area contributed by atoms with Crippen molar-refractivity contribution in [1.29, 1.82) is 5.26 Å². The maximum Gasteiger partial charge on any atom is 0.248 e. The van der Waals surface area contributed by atoms with Crippen molar-refractivity contribution in [2.45, 2.75) is 25.3 Å². The highest BCUT2D eigenvalue weighted by Gasteiger charge is 2.34. The minimum Gasteiger partial charge on any atom is -0.339 e. The fourth-order valence-corrected chi connectivity index (χ4v) is 4.55. The normalized spacial score (nSPS) is 15.3. The Hall–Kier alpha value is -3.71. The number of carbonyl (C=O) groups is 2. The molecule has 1 fully saturated rings. The molecule has 3 aromatic rings. The molecule has 1 saturated heterocycles. The first-order valence-corrected chi connectivity index (χ1v) is 11.5. The number of carbonyl (C=O) groups excluding carboxylic acids is 2. The third kappa shape index (κ3) is 5.56. The smallest absolute Gasteiger partial charge is 0.248 e. The Morgan fingerprint density at radius 1 is 1.21 bits per heavy atom. The van der Waals surface area contributed by atoms with Gasteiger partial charge in [0, 0.05) is 29.8 Å². The second-order valence-corrected chi connectivity index (χ2v) is 8.43. The zero-order chi connectivity index (χ0) is 23.2. The van der Waals surface area contributed by atoms with Crippen molar-refractivity contribution in [3.63, 3.8) is 0 Å². The van der Waals surface area contributed by atoms with Crippen molar-refractivity contribution in [1.82, 2.24) is 15.0 Å². The molecule has 1 atom stereocenters. The molecule has 1 aliphatic rings. The van der Waals surface area contributed by atoms with E-state index in [0.717, 1.165) is 0 Å². The van der Waals surface area contributed by atoms with Crippen LogP contribution in [0, 0.1) is 17.1 Å². The number of thioether (sulfide) groups is 1. The van der Waals surface area contributed by atoms with Crippen LogP contribution in [0.15, 0.2) is 53.1 Å².